The average molecular weight is 493 g/mol. The number of carbonyl (C=O) groups excluding carboxylic acids is 2. The highest BCUT2D eigenvalue weighted by Crippen LogP contribution is 2.35. The molecule has 0 aliphatic carbocycles. The standard InChI is InChI=1S/C27H32N4O5/c1-4-29-14-16-30(17-15-29)18-19-36-22-13-9-8-12-21(22)24-23(26(32)34-2)25(27(33)35-3)31(28-24)20-10-6-5-7-11-20/h5-13H,4,14-19H2,1-3H3. The Morgan fingerprint density at radius 1 is 0.861 bits per heavy atom. The van der Waals surface area contributed by atoms with E-state index >= 15 is 0 Å². The maximum atomic E-state index is 12.9. The van der Waals surface area contributed by atoms with Gasteiger partial charge in [-0.2, -0.15) is 5.10 Å². The highest BCUT2D eigenvalue weighted by atomic mass is 16.5. The Morgan fingerprint density at radius 3 is 2.17 bits per heavy atom. The lowest BCUT2D eigenvalue weighted by Gasteiger charge is -2.33. The van der Waals surface area contributed by atoms with E-state index in [9.17, 15) is 9.59 Å². The predicted octanol–water partition coefficient (Wildman–Crippen LogP) is 3.13. The van der Waals surface area contributed by atoms with Crippen molar-refractivity contribution in [3.63, 3.8) is 0 Å². The molecule has 1 saturated heterocycles. The molecule has 0 spiro atoms. The topological polar surface area (TPSA) is 86.1 Å². The van der Waals surface area contributed by atoms with Gasteiger partial charge in [0.15, 0.2) is 5.69 Å². The third-order valence-electron chi connectivity index (χ3n) is 6.37. The number of hydrogen-bond donors (Lipinski definition) is 0. The largest absolute Gasteiger partial charge is 0.492 e. The molecule has 1 aliphatic rings. The van der Waals surface area contributed by atoms with Crippen molar-refractivity contribution < 1.29 is 23.8 Å². The third kappa shape index (κ3) is 5.42. The minimum atomic E-state index is -0.692. The number of carbonyl (C=O) groups is 2. The molecule has 0 radical (unpaired) electrons. The van der Waals surface area contributed by atoms with Crippen LogP contribution in [0.5, 0.6) is 5.75 Å². The molecule has 1 aliphatic heterocycles. The summed E-state index contributed by atoms with van der Waals surface area (Å²) in [5, 5.41) is 4.68. The Balaban J connectivity index is 1.68. The van der Waals surface area contributed by atoms with Crippen LogP contribution in [0.2, 0.25) is 0 Å². The van der Waals surface area contributed by atoms with E-state index in [2.05, 4.69) is 21.8 Å². The molecule has 2 heterocycles. The number of nitrogens with zero attached hydrogens (tertiary/aromatic N) is 4. The number of rotatable bonds is 9. The Hall–Kier alpha value is -3.69. The molecule has 1 aromatic heterocycles. The van der Waals surface area contributed by atoms with Gasteiger partial charge in [-0.05, 0) is 30.8 Å². The molecule has 0 bridgehead atoms. The van der Waals surface area contributed by atoms with Gasteiger partial charge in [-0.15, -0.1) is 0 Å². The molecule has 3 aromatic rings. The molecule has 1 fully saturated rings. The second-order valence-corrected chi connectivity index (χ2v) is 8.42. The second kappa shape index (κ2) is 11.8. The van der Waals surface area contributed by atoms with Crippen molar-refractivity contribution in [3.8, 4) is 22.7 Å². The van der Waals surface area contributed by atoms with Crippen molar-refractivity contribution in [2.24, 2.45) is 0 Å². The average Bonchev–Trinajstić information content (AvgIpc) is 3.34. The summed E-state index contributed by atoms with van der Waals surface area (Å²) < 4.78 is 17.7. The van der Waals surface area contributed by atoms with Crippen molar-refractivity contribution in [1.82, 2.24) is 19.6 Å². The summed E-state index contributed by atoms with van der Waals surface area (Å²) in [5.41, 5.74) is 1.51. The lowest BCUT2D eigenvalue weighted by Crippen LogP contribution is -2.47. The number of para-hydroxylation sites is 2. The van der Waals surface area contributed by atoms with Crippen LogP contribution in [-0.4, -0.2) is 91.6 Å². The SMILES string of the molecule is CCN1CCN(CCOc2ccccc2-c2nn(-c3ccccc3)c(C(=O)OC)c2C(=O)OC)CC1. The lowest BCUT2D eigenvalue weighted by atomic mass is 10.0. The van der Waals surface area contributed by atoms with Crippen LogP contribution in [0.4, 0.5) is 0 Å². The lowest BCUT2D eigenvalue weighted by molar-refractivity contribution is 0.0549. The van der Waals surface area contributed by atoms with E-state index in [4.69, 9.17) is 14.2 Å². The summed E-state index contributed by atoms with van der Waals surface area (Å²) >= 11 is 0. The van der Waals surface area contributed by atoms with E-state index in [1.165, 1.54) is 18.9 Å². The number of piperazine rings is 1. The first-order valence-electron chi connectivity index (χ1n) is 12.1. The molecule has 36 heavy (non-hydrogen) atoms. The zero-order valence-corrected chi connectivity index (χ0v) is 21.0. The van der Waals surface area contributed by atoms with Crippen LogP contribution in [0.25, 0.3) is 16.9 Å². The minimum Gasteiger partial charge on any atom is -0.492 e. The highest BCUT2D eigenvalue weighted by molar-refractivity contribution is 6.07. The summed E-state index contributed by atoms with van der Waals surface area (Å²) in [6.45, 7) is 8.67. The Labute approximate surface area is 211 Å². The van der Waals surface area contributed by atoms with Gasteiger partial charge in [-0.1, -0.05) is 37.3 Å². The van der Waals surface area contributed by atoms with Crippen LogP contribution < -0.4 is 4.74 Å². The maximum Gasteiger partial charge on any atom is 0.357 e. The fourth-order valence-electron chi connectivity index (χ4n) is 4.35. The number of benzene rings is 2. The highest BCUT2D eigenvalue weighted by Gasteiger charge is 2.32. The fourth-order valence-corrected chi connectivity index (χ4v) is 4.35. The second-order valence-electron chi connectivity index (χ2n) is 8.42. The van der Waals surface area contributed by atoms with Crippen molar-refractivity contribution in [2.45, 2.75) is 6.92 Å². The molecule has 0 unspecified atom stereocenters. The van der Waals surface area contributed by atoms with Gasteiger partial charge >= 0.3 is 11.9 Å². The number of methoxy groups -OCH3 is 2. The van der Waals surface area contributed by atoms with E-state index in [0.717, 1.165) is 39.3 Å². The van der Waals surface area contributed by atoms with Gasteiger partial charge in [-0.3, -0.25) is 4.90 Å². The molecule has 9 nitrogen and oxygen atoms in total. The number of ether oxygens (including phenoxy) is 3. The van der Waals surface area contributed by atoms with Crippen molar-refractivity contribution in [3.05, 3.63) is 65.9 Å². The molecule has 0 amide bonds. The monoisotopic (exact) mass is 492 g/mol. The van der Waals surface area contributed by atoms with Gasteiger partial charge in [0.2, 0.25) is 0 Å². The molecule has 0 N–H and O–H groups in total. The molecular weight excluding hydrogens is 460 g/mol. The van der Waals surface area contributed by atoms with Gasteiger partial charge in [0.25, 0.3) is 0 Å². The Morgan fingerprint density at radius 2 is 1.50 bits per heavy atom. The summed E-state index contributed by atoms with van der Waals surface area (Å²) in [5.74, 6) is -0.803. The molecule has 190 valence electrons. The van der Waals surface area contributed by atoms with Crippen LogP contribution in [-0.2, 0) is 9.47 Å². The number of aromatic nitrogens is 2. The van der Waals surface area contributed by atoms with Crippen LogP contribution in [0, 0.1) is 0 Å². The summed E-state index contributed by atoms with van der Waals surface area (Å²) in [7, 11) is 2.54. The number of hydrogen-bond acceptors (Lipinski definition) is 8. The molecule has 2 aromatic carbocycles. The number of likely N-dealkylation sites (N-methyl/N-ethyl adjacent to an activating group) is 1. The normalized spacial score (nSPS) is 14.4. The quantitative estimate of drug-likeness (QED) is 0.421. The van der Waals surface area contributed by atoms with Crippen LogP contribution in [0.1, 0.15) is 27.8 Å². The summed E-state index contributed by atoms with van der Waals surface area (Å²) in [6, 6.07) is 16.5. The fraction of sp³-hybridized carbons (Fsp3) is 0.370. The molecule has 9 heteroatoms. The first-order valence-corrected chi connectivity index (χ1v) is 12.1. The first kappa shape index (κ1) is 25.4. The van der Waals surface area contributed by atoms with E-state index in [-0.39, 0.29) is 11.3 Å². The van der Waals surface area contributed by atoms with Gasteiger partial charge in [0.05, 0.1) is 19.9 Å². The maximum absolute atomic E-state index is 12.9. The Bertz CT molecular complexity index is 1190. The van der Waals surface area contributed by atoms with Crippen LogP contribution in [0.3, 0.4) is 0 Å². The van der Waals surface area contributed by atoms with E-state index in [1.807, 2.05) is 42.5 Å². The van der Waals surface area contributed by atoms with Crippen molar-refractivity contribution in [2.75, 3.05) is 60.1 Å². The zero-order chi connectivity index (χ0) is 25.5. The van der Waals surface area contributed by atoms with E-state index in [0.29, 0.717) is 29.3 Å². The van der Waals surface area contributed by atoms with Gasteiger partial charge in [-0.25, -0.2) is 14.3 Å². The van der Waals surface area contributed by atoms with Crippen LogP contribution in [0.15, 0.2) is 54.6 Å². The third-order valence-corrected chi connectivity index (χ3v) is 6.37. The van der Waals surface area contributed by atoms with E-state index in [1.54, 1.807) is 12.1 Å². The molecule has 0 atom stereocenters. The summed E-state index contributed by atoms with van der Waals surface area (Å²) in [6.07, 6.45) is 0. The first-order chi connectivity index (χ1) is 17.6. The summed E-state index contributed by atoms with van der Waals surface area (Å²) in [4.78, 5) is 30.6. The van der Waals surface area contributed by atoms with Gasteiger partial charge in [0, 0.05) is 38.3 Å². The zero-order valence-electron chi connectivity index (χ0n) is 21.0. The number of esters is 2. The molecular formula is C27H32N4O5. The van der Waals surface area contributed by atoms with Crippen molar-refractivity contribution >= 4 is 11.9 Å². The molecule has 0 saturated carbocycles. The van der Waals surface area contributed by atoms with E-state index < -0.39 is 11.9 Å². The Kier molecular flexibility index (Phi) is 8.35. The molecule has 4 rings (SSSR count). The van der Waals surface area contributed by atoms with Gasteiger partial charge < -0.3 is 19.1 Å². The van der Waals surface area contributed by atoms with Crippen molar-refractivity contribution in [1.29, 1.82) is 0 Å². The van der Waals surface area contributed by atoms with Gasteiger partial charge in [0.1, 0.15) is 23.6 Å². The predicted molar refractivity (Wildman–Crippen MR) is 136 cm³/mol. The smallest absolute Gasteiger partial charge is 0.357 e. The minimum absolute atomic E-state index is 0.00542. The van der Waals surface area contributed by atoms with Crippen LogP contribution >= 0.6 is 0 Å².